The predicted octanol–water partition coefficient (Wildman–Crippen LogP) is 2.72. The molecule has 5 nitrogen and oxygen atoms in total. The fourth-order valence-electron chi connectivity index (χ4n) is 2.01. The largest absolute Gasteiger partial charge is 0.356 e. The first kappa shape index (κ1) is 19.8. The number of rotatable bonds is 6. The summed E-state index contributed by atoms with van der Waals surface area (Å²) in [5.74, 6) is 0.820. The predicted molar refractivity (Wildman–Crippen MR) is 108 cm³/mol. The molecule has 2 aromatic heterocycles. The van der Waals surface area contributed by atoms with Crippen molar-refractivity contribution >= 4 is 41.3 Å². The highest BCUT2D eigenvalue weighted by Crippen LogP contribution is 2.16. The van der Waals surface area contributed by atoms with Crippen molar-refractivity contribution in [3.63, 3.8) is 0 Å². The lowest BCUT2D eigenvalue weighted by atomic mass is 10.3. The van der Waals surface area contributed by atoms with Crippen LogP contribution in [0.2, 0.25) is 0 Å². The molecule has 0 fully saturated rings. The molecule has 2 rings (SSSR count). The van der Waals surface area contributed by atoms with Crippen LogP contribution in [0.1, 0.15) is 21.3 Å². The number of halogens is 1. The van der Waals surface area contributed by atoms with Gasteiger partial charge in [-0.3, -0.25) is 9.98 Å². The van der Waals surface area contributed by atoms with Gasteiger partial charge in [0.25, 0.3) is 0 Å². The Balaban J connectivity index is 0.00000264. The molecule has 0 atom stereocenters. The van der Waals surface area contributed by atoms with Gasteiger partial charge in [-0.05, 0) is 26.0 Å². The summed E-state index contributed by atoms with van der Waals surface area (Å²) in [6, 6.07) is 5.97. The van der Waals surface area contributed by atoms with Crippen LogP contribution in [0.5, 0.6) is 0 Å². The highest BCUT2D eigenvalue weighted by atomic mass is 127. The Bertz CT molecular complexity index is 593. The molecule has 0 aliphatic rings. The number of aliphatic imine (C=N–C) groups is 1. The summed E-state index contributed by atoms with van der Waals surface area (Å²) in [6.07, 6.45) is 3.62. The minimum absolute atomic E-state index is 0. The monoisotopic (exact) mass is 445 g/mol. The standard InChI is InChI=1S/C16H23N5S.HI/c1-12-13(2)22-15(21-12)8-11-20-16(17-3)19-10-7-14-6-4-5-9-18-14;/h4-6,9H,7-8,10-11H2,1-3H3,(H2,17,19,20);1H. The van der Waals surface area contributed by atoms with Crippen molar-refractivity contribution in [1.29, 1.82) is 0 Å². The van der Waals surface area contributed by atoms with Crippen molar-refractivity contribution in [3.05, 3.63) is 45.7 Å². The molecule has 2 heterocycles. The van der Waals surface area contributed by atoms with Gasteiger partial charge in [0.15, 0.2) is 5.96 Å². The Labute approximate surface area is 159 Å². The molecule has 0 amide bonds. The van der Waals surface area contributed by atoms with E-state index in [2.05, 4.69) is 39.4 Å². The lowest BCUT2D eigenvalue weighted by Crippen LogP contribution is -2.39. The first-order valence-electron chi connectivity index (χ1n) is 7.46. The number of nitrogens with zero attached hydrogens (tertiary/aromatic N) is 3. The van der Waals surface area contributed by atoms with Crippen LogP contribution in [0.15, 0.2) is 29.4 Å². The molecule has 0 aliphatic carbocycles. The Hall–Kier alpha value is -1.22. The quantitative estimate of drug-likeness (QED) is 0.408. The maximum absolute atomic E-state index is 4.54. The number of hydrogen-bond acceptors (Lipinski definition) is 4. The minimum Gasteiger partial charge on any atom is -0.356 e. The number of aromatic nitrogens is 2. The highest BCUT2D eigenvalue weighted by Gasteiger charge is 2.04. The van der Waals surface area contributed by atoms with Gasteiger partial charge in [0.2, 0.25) is 0 Å². The summed E-state index contributed by atoms with van der Waals surface area (Å²) in [5.41, 5.74) is 2.22. The molecule has 0 saturated heterocycles. The molecule has 7 heteroatoms. The van der Waals surface area contributed by atoms with Gasteiger partial charge >= 0.3 is 0 Å². The van der Waals surface area contributed by atoms with Crippen LogP contribution < -0.4 is 10.6 Å². The molecular weight excluding hydrogens is 421 g/mol. The second kappa shape index (κ2) is 10.5. The van der Waals surface area contributed by atoms with E-state index >= 15 is 0 Å². The van der Waals surface area contributed by atoms with Crippen LogP contribution >= 0.6 is 35.3 Å². The van der Waals surface area contributed by atoms with Gasteiger partial charge in [-0.25, -0.2) is 4.98 Å². The van der Waals surface area contributed by atoms with Gasteiger partial charge in [0.05, 0.1) is 10.7 Å². The maximum Gasteiger partial charge on any atom is 0.191 e. The SMILES string of the molecule is CN=C(NCCc1ccccn1)NCCc1nc(C)c(C)s1.I. The van der Waals surface area contributed by atoms with Crippen LogP contribution in [0, 0.1) is 13.8 Å². The van der Waals surface area contributed by atoms with Gasteiger partial charge in [0, 0.05) is 49.7 Å². The molecule has 0 bridgehead atoms. The van der Waals surface area contributed by atoms with E-state index < -0.39 is 0 Å². The number of nitrogens with one attached hydrogen (secondary N) is 2. The zero-order valence-corrected chi connectivity index (χ0v) is 16.9. The fourth-order valence-corrected chi connectivity index (χ4v) is 2.94. The molecule has 0 aromatic carbocycles. The molecule has 126 valence electrons. The van der Waals surface area contributed by atoms with E-state index in [-0.39, 0.29) is 24.0 Å². The minimum atomic E-state index is 0. The molecule has 2 aromatic rings. The molecule has 0 radical (unpaired) electrons. The van der Waals surface area contributed by atoms with Gasteiger partial charge in [0.1, 0.15) is 0 Å². The molecule has 0 spiro atoms. The molecule has 2 N–H and O–H groups in total. The number of guanidine groups is 1. The molecule has 23 heavy (non-hydrogen) atoms. The summed E-state index contributed by atoms with van der Waals surface area (Å²) < 4.78 is 0. The number of pyridine rings is 1. The first-order valence-corrected chi connectivity index (χ1v) is 8.28. The second-order valence-electron chi connectivity index (χ2n) is 5.00. The van der Waals surface area contributed by atoms with E-state index in [1.54, 1.807) is 18.4 Å². The van der Waals surface area contributed by atoms with E-state index in [1.807, 2.05) is 24.4 Å². The summed E-state index contributed by atoms with van der Waals surface area (Å²) in [7, 11) is 1.79. The van der Waals surface area contributed by atoms with Gasteiger partial charge in [-0.2, -0.15) is 0 Å². The lowest BCUT2D eigenvalue weighted by molar-refractivity contribution is 0.774. The summed E-state index contributed by atoms with van der Waals surface area (Å²) >= 11 is 1.77. The Kier molecular flexibility index (Phi) is 9.08. The van der Waals surface area contributed by atoms with Gasteiger partial charge in [-0.15, -0.1) is 35.3 Å². The lowest BCUT2D eigenvalue weighted by Gasteiger charge is -2.11. The average molecular weight is 445 g/mol. The first-order chi connectivity index (χ1) is 10.7. The third kappa shape index (κ3) is 6.82. The van der Waals surface area contributed by atoms with Crippen molar-refractivity contribution in [3.8, 4) is 0 Å². The summed E-state index contributed by atoms with van der Waals surface area (Å²) in [6.45, 7) is 5.81. The average Bonchev–Trinajstić information content (AvgIpc) is 2.85. The van der Waals surface area contributed by atoms with Gasteiger partial charge in [-0.1, -0.05) is 6.07 Å². The van der Waals surface area contributed by atoms with Crippen LogP contribution in [0.4, 0.5) is 0 Å². The fraction of sp³-hybridized carbons (Fsp3) is 0.438. The number of hydrogen-bond donors (Lipinski definition) is 2. The van der Waals surface area contributed by atoms with Crippen LogP contribution in [0.3, 0.4) is 0 Å². The van der Waals surface area contributed by atoms with E-state index in [1.165, 1.54) is 9.88 Å². The van der Waals surface area contributed by atoms with E-state index in [4.69, 9.17) is 0 Å². The Morgan fingerprint density at radius 2 is 1.91 bits per heavy atom. The Morgan fingerprint density at radius 1 is 1.17 bits per heavy atom. The van der Waals surface area contributed by atoms with Crippen LogP contribution in [-0.2, 0) is 12.8 Å². The Morgan fingerprint density at radius 3 is 2.48 bits per heavy atom. The van der Waals surface area contributed by atoms with Crippen molar-refractivity contribution < 1.29 is 0 Å². The number of aryl methyl sites for hydroxylation is 2. The van der Waals surface area contributed by atoms with Crippen molar-refractivity contribution in [2.75, 3.05) is 20.1 Å². The van der Waals surface area contributed by atoms with E-state index in [0.717, 1.165) is 43.3 Å². The van der Waals surface area contributed by atoms with Crippen molar-refractivity contribution in [2.24, 2.45) is 4.99 Å². The smallest absolute Gasteiger partial charge is 0.191 e. The second-order valence-corrected chi connectivity index (χ2v) is 6.28. The molecular formula is C16H24IN5S. The zero-order chi connectivity index (χ0) is 15.8. The van der Waals surface area contributed by atoms with Crippen molar-refractivity contribution in [1.82, 2.24) is 20.6 Å². The molecule has 0 saturated carbocycles. The third-order valence-corrected chi connectivity index (χ3v) is 4.46. The summed E-state index contributed by atoms with van der Waals surface area (Å²) in [5, 5.41) is 7.79. The topological polar surface area (TPSA) is 62.2 Å². The van der Waals surface area contributed by atoms with Crippen molar-refractivity contribution in [2.45, 2.75) is 26.7 Å². The van der Waals surface area contributed by atoms with Crippen LogP contribution in [-0.4, -0.2) is 36.1 Å². The molecule has 0 unspecified atom stereocenters. The number of thiazole rings is 1. The third-order valence-electron chi connectivity index (χ3n) is 3.33. The maximum atomic E-state index is 4.54. The zero-order valence-electron chi connectivity index (χ0n) is 13.8. The van der Waals surface area contributed by atoms with E-state index in [9.17, 15) is 0 Å². The van der Waals surface area contributed by atoms with Crippen LogP contribution in [0.25, 0.3) is 0 Å². The summed E-state index contributed by atoms with van der Waals surface area (Å²) in [4.78, 5) is 14.4. The normalized spacial score (nSPS) is 11.0. The van der Waals surface area contributed by atoms with E-state index in [0.29, 0.717) is 0 Å². The van der Waals surface area contributed by atoms with Gasteiger partial charge < -0.3 is 10.6 Å². The highest BCUT2D eigenvalue weighted by molar-refractivity contribution is 14.0. The molecule has 0 aliphatic heterocycles.